The Morgan fingerprint density at radius 2 is 1.88 bits per heavy atom. The lowest BCUT2D eigenvalue weighted by Gasteiger charge is -2.02. The van der Waals surface area contributed by atoms with Gasteiger partial charge in [0.15, 0.2) is 0 Å². The number of furan rings is 1. The summed E-state index contributed by atoms with van der Waals surface area (Å²) >= 11 is 0. The van der Waals surface area contributed by atoms with Crippen molar-refractivity contribution < 1.29 is 23.5 Å². The van der Waals surface area contributed by atoms with Gasteiger partial charge in [-0.1, -0.05) is 12.1 Å². The van der Waals surface area contributed by atoms with Gasteiger partial charge in [0, 0.05) is 11.6 Å². The van der Waals surface area contributed by atoms with E-state index in [0.717, 1.165) is 5.56 Å². The van der Waals surface area contributed by atoms with Crippen LogP contribution in [-0.4, -0.2) is 24.5 Å². The number of carbonyl (C=O) groups excluding carboxylic acids is 3. The highest BCUT2D eigenvalue weighted by atomic mass is 16.5. The third-order valence-electron chi connectivity index (χ3n) is 3.31. The van der Waals surface area contributed by atoms with Crippen molar-refractivity contribution in [2.24, 2.45) is 0 Å². The molecule has 0 bridgehead atoms. The smallest absolute Gasteiger partial charge is 0.338 e. The predicted octanol–water partition coefficient (Wildman–Crippen LogP) is 2.30. The molecule has 0 unspecified atom stereocenters. The fourth-order valence-electron chi connectivity index (χ4n) is 2.20. The van der Waals surface area contributed by atoms with E-state index < -0.39 is 11.9 Å². The number of esters is 1. The lowest BCUT2D eigenvalue weighted by molar-refractivity contribution is -0.115. The normalized spacial score (nSPS) is 15.3. The van der Waals surface area contributed by atoms with Gasteiger partial charge in [-0.05, 0) is 31.2 Å². The Kier molecular flexibility index (Phi) is 4.15. The van der Waals surface area contributed by atoms with Crippen LogP contribution < -0.4 is 10.6 Å². The fourth-order valence-corrected chi connectivity index (χ4v) is 2.20. The summed E-state index contributed by atoms with van der Waals surface area (Å²) in [5, 5.41) is 4.49. The van der Waals surface area contributed by atoms with E-state index in [2.05, 4.69) is 10.6 Å². The van der Waals surface area contributed by atoms with E-state index in [1.807, 2.05) is 0 Å². The molecule has 7 nitrogen and oxygen atoms in total. The Bertz CT molecular complexity index is 833. The zero-order valence-corrected chi connectivity index (χ0v) is 12.8. The summed E-state index contributed by atoms with van der Waals surface area (Å²) in [7, 11) is 0. The van der Waals surface area contributed by atoms with Crippen molar-refractivity contribution in [1.29, 1.82) is 0 Å². The molecule has 0 atom stereocenters. The molecule has 24 heavy (non-hydrogen) atoms. The van der Waals surface area contributed by atoms with Gasteiger partial charge in [0.05, 0.1) is 12.2 Å². The fraction of sp³-hybridized carbons (Fsp3) is 0.118. The summed E-state index contributed by atoms with van der Waals surface area (Å²) in [5.41, 5.74) is 1.35. The van der Waals surface area contributed by atoms with Crippen LogP contribution in [0.4, 0.5) is 4.79 Å². The molecule has 2 N–H and O–H groups in total. The number of nitrogens with one attached hydrogen (secondary N) is 2. The number of rotatable bonds is 4. The zero-order chi connectivity index (χ0) is 17.1. The summed E-state index contributed by atoms with van der Waals surface area (Å²) in [5.74, 6) is 0.113. The van der Waals surface area contributed by atoms with Crippen LogP contribution >= 0.6 is 0 Å². The van der Waals surface area contributed by atoms with Crippen molar-refractivity contribution in [3.05, 3.63) is 53.4 Å². The van der Waals surface area contributed by atoms with Gasteiger partial charge in [-0.2, -0.15) is 0 Å². The topological polar surface area (TPSA) is 97.6 Å². The maximum absolute atomic E-state index is 11.6. The number of benzene rings is 1. The molecule has 122 valence electrons. The minimum absolute atomic E-state index is 0.124. The molecule has 1 aromatic carbocycles. The van der Waals surface area contributed by atoms with Gasteiger partial charge in [0.25, 0.3) is 5.91 Å². The minimum atomic E-state index is -0.562. The molecule has 0 aliphatic carbocycles. The summed E-state index contributed by atoms with van der Waals surface area (Å²) in [4.78, 5) is 34.2. The van der Waals surface area contributed by atoms with Crippen molar-refractivity contribution in [2.45, 2.75) is 6.92 Å². The summed E-state index contributed by atoms with van der Waals surface area (Å²) in [6, 6.07) is 9.64. The molecular formula is C17H14N2O5. The van der Waals surface area contributed by atoms with Crippen molar-refractivity contribution in [3.8, 4) is 11.3 Å². The molecule has 0 saturated carbocycles. The largest absolute Gasteiger partial charge is 0.462 e. The maximum Gasteiger partial charge on any atom is 0.338 e. The van der Waals surface area contributed by atoms with Crippen LogP contribution in [0.2, 0.25) is 0 Å². The number of hydrogen-bond donors (Lipinski definition) is 2. The van der Waals surface area contributed by atoms with Crippen LogP contribution in [-0.2, 0) is 9.53 Å². The molecule has 1 saturated heterocycles. The van der Waals surface area contributed by atoms with Gasteiger partial charge in [0.1, 0.15) is 17.2 Å². The van der Waals surface area contributed by atoms with Gasteiger partial charge in [-0.3, -0.25) is 10.1 Å². The van der Waals surface area contributed by atoms with Gasteiger partial charge < -0.3 is 14.5 Å². The Morgan fingerprint density at radius 1 is 1.12 bits per heavy atom. The lowest BCUT2D eigenvalue weighted by atomic mass is 10.1. The first kappa shape index (κ1) is 15.5. The van der Waals surface area contributed by atoms with Gasteiger partial charge in [0.2, 0.25) is 0 Å². The van der Waals surface area contributed by atoms with E-state index >= 15 is 0 Å². The van der Waals surface area contributed by atoms with E-state index in [-0.39, 0.29) is 11.7 Å². The number of imide groups is 1. The van der Waals surface area contributed by atoms with E-state index in [0.29, 0.717) is 23.7 Å². The molecule has 1 aromatic heterocycles. The number of ether oxygens (including phenoxy) is 1. The molecular weight excluding hydrogens is 312 g/mol. The average Bonchev–Trinajstić information content (AvgIpc) is 3.15. The van der Waals surface area contributed by atoms with E-state index in [1.54, 1.807) is 43.3 Å². The Labute approximate surface area is 137 Å². The standard InChI is InChI=1S/C17H14N2O5/c1-2-23-16(21)11-5-3-10(4-6-11)14-8-7-12(24-14)9-13-15(20)19-17(22)18-13/h3-9H,2H2,1H3,(H2,18,19,20,22)/b13-9-. The quantitative estimate of drug-likeness (QED) is 0.510. The summed E-state index contributed by atoms with van der Waals surface area (Å²) in [6.07, 6.45) is 1.44. The lowest BCUT2D eigenvalue weighted by Crippen LogP contribution is -2.22. The summed E-state index contributed by atoms with van der Waals surface area (Å²) < 4.78 is 10.6. The molecule has 3 amide bonds. The molecule has 1 aliphatic heterocycles. The molecule has 2 heterocycles. The van der Waals surface area contributed by atoms with Crippen molar-refractivity contribution >= 4 is 24.0 Å². The predicted molar refractivity (Wildman–Crippen MR) is 84.8 cm³/mol. The Morgan fingerprint density at radius 3 is 2.50 bits per heavy atom. The van der Waals surface area contributed by atoms with Gasteiger partial charge >= 0.3 is 12.0 Å². The van der Waals surface area contributed by atoms with Crippen LogP contribution in [0.25, 0.3) is 17.4 Å². The second-order valence-corrected chi connectivity index (χ2v) is 4.97. The van der Waals surface area contributed by atoms with E-state index in [9.17, 15) is 14.4 Å². The van der Waals surface area contributed by atoms with Crippen molar-refractivity contribution in [2.75, 3.05) is 6.61 Å². The van der Waals surface area contributed by atoms with Crippen LogP contribution in [0.15, 0.2) is 46.5 Å². The molecule has 1 aliphatic rings. The average molecular weight is 326 g/mol. The summed E-state index contributed by atoms with van der Waals surface area (Å²) in [6.45, 7) is 2.07. The van der Waals surface area contributed by atoms with Crippen molar-refractivity contribution in [1.82, 2.24) is 10.6 Å². The highest BCUT2D eigenvalue weighted by molar-refractivity contribution is 6.13. The first-order valence-corrected chi connectivity index (χ1v) is 7.28. The molecule has 2 aromatic rings. The number of amides is 3. The van der Waals surface area contributed by atoms with Crippen LogP contribution in [0.1, 0.15) is 23.0 Å². The SMILES string of the molecule is CCOC(=O)c1ccc(-c2ccc(/C=C3\NC(=O)NC3=O)o2)cc1. The van der Waals surface area contributed by atoms with Crippen LogP contribution in [0, 0.1) is 0 Å². The first-order chi connectivity index (χ1) is 11.6. The highest BCUT2D eigenvalue weighted by Crippen LogP contribution is 2.24. The molecule has 7 heteroatoms. The van der Waals surface area contributed by atoms with E-state index in [4.69, 9.17) is 9.15 Å². The van der Waals surface area contributed by atoms with Crippen LogP contribution in [0.3, 0.4) is 0 Å². The van der Waals surface area contributed by atoms with E-state index in [1.165, 1.54) is 6.08 Å². The Hall–Kier alpha value is -3.35. The third kappa shape index (κ3) is 3.19. The van der Waals surface area contributed by atoms with Gasteiger partial charge in [-0.25, -0.2) is 9.59 Å². The first-order valence-electron chi connectivity index (χ1n) is 7.28. The molecule has 3 rings (SSSR count). The van der Waals surface area contributed by atoms with Crippen LogP contribution in [0.5, 0.6) is 0 Å². The highest BCUT2D eigenvalue weighted by Gasteiger charge is 2.23. The monoisotopic (exact) mass is 326 g/mol. The second-order valence-electron chi connectivity index (χ2n) is 4.97. The number of urea groups is 1. The maximum atomic E-state index is 11.6. The third-order valence-corrected chi connectivity index (χ3v) is 3.31. The zero-order valence-electron chi connectivity index (χ0n) is 12.8. The number of carbonyl (C=O) groups is 3. The van der Waals surface area contributed by atoms with Crippen molar-refractivity contribution in [3.63, 3.8) is 0 Å². The molecule has 0 radical (unpaired) electrons. The molecule has 0 spiro atoms. The second kappa shape index (κ2) is 6.41. The molecule has 1 fully saturated rings. The minimum Gasteiger partial charge on any atom is -0.462 e. The Balaban J connectivity index is 1.78. The van der Waals surface area contributed by atoms with Gasteiger partial charge in [-0.15, -0.1) is 0 Å². The number of hydrogen-bond acceptors (Lipinski definition) is 5.